The molecule has 0 saturated carbocycles. The monoisotopic (exact) mass is 329 g/mol. The van der Waals surface area contributed by atoms with E-state index in [2.05, 4.69) is 6.07 Å². The van der Waals surface area contributed by atoms with Crippen LogP contribution in [0.15, 0.2) is 30.3 Å². The second-order valence-electron chi connectivity index (χ2n) is 5.14. The topological polar surface area (TPSA) is 79.3 Å². The Bertz CT molecular complexity index is 719. The molecule has 23 heavy (non-hydrogen) atoms. The molecular formula is C17H19N3O2S. The number of hydrogen-bond acceptors (Lipinski definition) is 6. The Morgan fingerprint density at radius 1 is 1.35 bits per heavy atom. The van der Waals surface area contributed by atoms with Gasteiger partial charge in [-0.2, -0.15) is 5.26 Å². The summed E-state index contributed by atoms with van der Waals surface area (Å²) in [5.41, 5.74) is 8.06. The summed E-state index contributed by atoms with van der Waals surface area (Å²) in [4.78, 5) is 14.6. The van der Waals surface area contributed by atoms with Crippen molar-refractivity contribution in [3.63, 3.8) is 0 Å². The van der Waals surface area contributed by atoms with Crippen molar-refractivity contribution in [2.75, 3.05) is 19.4 Å². The van der Waals surface area contributed by atoms with Crippen molar-refractivity contribution in [2.45, 2.75) is 20.0 Å². The van der Waals surface area contributed by atoms with Crippen LogP contribution in [-0.2, 0) is 17.8 Å². The summed E-state index contributed by atoms with van der Waals surface area (Å²) in [5.74, 6) is -0.422. The van der Waals surface area contributed by atoms with Crippen LogP contribution in [0.3, 0.4) is 0 Å². The molecule has 2 rings (SSSR count). The second kappa shape index (κ2) is 7.77. The van der Waals surface area contributed by atoms with Crippen molar-refractivity contribution in [1.29, 1.82) is 5.26 Å². The second-order valence-corrected chi connectivity index (χ2v) is 6.19. The standard InChI is InChI=1S/C17H19N3O2S/c1-3-22-17(21)15-14(13(9-18)16(19)23-15)11-20(2)10-12-7-5-4-6-8-12/h4-8H,3,10-11,19H2,1-2H3. The third-order valence-corrected chi connectivity index (χ3v) is 4.37. The number of hydrogen-bond donors (Lipinski definition) is 1. The lowest BCUT2D eigenvalue weighted by molar-refractivity contribution is 0.0530. The lowest BCUT2D eigenvalue weighted by atomic mass is 10.1. The average Bonchev–Trinajstić information content (AvgIpc) is 2.84. The molecule has 5 nitrogen and oxygen atoms in total. The van der Waals surface area contributed by atoms with Gasteiger partial charge in [-0.05, 0) is 19.5 Å². The zero-order chi connectivity index (χ0) is 16.8. The van der Waals surface area contributed by atoms with Crippen LogP contribution in [0.25, 0.3) is 0 Å². The fourth-order valence-corrected chi connectivity index (χ4v) is 3.26. The van der Waals surface area contributed by atoms with Crippen molar-refractivity contribution >= 4 is 22.3 Å². The fourth-order valence-electron chi connectivity index (χ4n) is 2.34. The SMILES string of the molecule is CCOC(=O)c1sc(N)c(C#N)c1CN(C)Cc1ccccc1. The summed E-state index contributed by atoms with van der Waals surface area (Å²) in [6.45, 7) is 3.21. The van der Waals surface area contributed by atoms with E-state index in [9.17, 15) is 10.1 Å². The van der Waals surface area contributed by atoms with Gasteiger partial charge in [0.05, 0.1) is 12.2 Å². The molecule has 1 aromatic carbocycles. The normalized spacial score (nSPS) is 10.5. The highest BCUT2D eigenvalue weighted by Crippen LogP contribution is 2.32. The smallest absolute Gasteiger partial charge is 0.348 e. The third kappa shape index (κ3) is 4.09. The maximum Gasteiger partial charge on any atom is 0.348 e. The molecule has 0 saturated heterocycles. The molecule has 0 atom stereocenters. The van der Waals surface area contributed by atoms with Crippen molar-refractivity contribution < 1.29 is 9.53 Å². The van der Waals surface area contributed by atoms with Gasteiger partial charge in [0.1, 0.15) is 15.9 Å². The highest BCUT2D eigenvalue weighted by Gasteiger charge is 2.23. The van der Waals surface area contributed by atoms with E-state index in [1.165, 1.54) is 0 Å². The van der Waals surface area contributed by atoms with Gasteiger partial charge in [-0.25, -0.2) is 4.79 Å². The van der Waals surface area contributed by atoms with E-state index < -0.39 is 5.97 Å². The predicted molar refractivity (Wildman–Crippen MR) is 91.0 cm³/mol. The molecule has 0 aliphatic carbocycles. The summed E-state index contributed by atoms with van der Waals surface area (Å²) in [6, 6.07) is 12.1. The fraction of sp³-hybridized carbons (Fsp3) is 0.294. The number of ether oxygens (including phenoxy) is 1. The minimum atomic E-state index is -0.422. The molecule has 120 valence electrons. The Kier molecular flexibility index (Phi) is 5.74. The van der Waals surface area contributed by atoms with E-state index >= 15 is 0 Å². The van der Waals surface area contributed by atoms with Crippen LogP contribution in [0, 0.1) is 11.3 Å². The number of rotatable bonds is 6. The molecule has 2 aromatic rings. The van der Waals surface area contributed by atoms with Crippen LogP contribution in [0.1, 0.15) is 33.3 Å². The van der Waals surface area contributed by atoms with Gasteiger partial charge in [-0.1, -0.05) is 30.3 Å². The maximum absolute atomic E-state index is 12.1. The third-order valence-electron chi connectivity index (χ3n) is 3.33. The molecule has 0 bridgehead atoms. The summed E-state index contributed by atoms with van der Waals surface area (Å²) in [7, 11) is 1.94. The molecule has 0 radical (unpaired) electrons. The van der Waals surface area contributed by atoms with Crippen molar-refractivity contribution in [3.8, 4) is 6.07 Å². The van der Waals surface area contributed by atoms with Crippen LogP contribution < -0.4 is 5.73 Å². The van der Waals surface area contributed by atoms with Gasteiger partial charge in [-0.15, -0.1) is 11.3 Å². The minimum absolute atomic E-state index is 0.290. The van der Waals surface area contributed by atoms with E-state index in [1.807, 2.05) is 42.3 Å². The molecule has 0 fully saturated rings. The van der Waals surface area contributed by atoms with E-state index in [-0.39, 0.29) is 6.61 Å². The molecule has 1 aromatic heterocycles. The highest BCUT2D eigenvalue weighted by molar-refractivity contribution is 7.18. The zero-order valence-electron chi connectivity index (χ0n) is 13.2. The number of carbonyl (C=O) groups excluding carboxylic acids is 1. The Balaban J connectivity index is 2.23. The Morgan fingerprint density at radius 3 is 2.65 bits per heavy atom. The molecule has 0 amide bonds. The van der Waals surface area contributed by atoms with Crippen LogP contribution in [0.4, 0.5) is 5.00 Å². The first kappa shape index (κ1) is 17.0. The summed E-state index contributed by atoms with van der Waals surface area (Å²) in [6.07, 6.45) is 0. The van der Waals surface area contributed by atoms with Crippen LogP contribution in [-0.4, -0.2) is 24.5 Å². The van der Waals surface area contributed by atoms with E-state index in [4.69, 9.17) is 10.5 Å². The number of anilines is 1. The quantitative estimate of drug-likeness (QED) is 0.824. The first-order valence-electron chi connectivity index (χ1n) is 7.27. The Labute approximate surface area is 139 Å². The van der Waals surface area contributed by atoms with Gasteiger partial charge in [0.15, 0.2) is 0 Å². The zero-order valence-corrected chi connectivity index (χ0v) is 14.0. The molecule has 2 N–H and O–H groups in total. The Morgan fingerprint density at radius 2 is 2.04 bits per heavy atom. The molecule has 0 spiro atoms. The van der Waals surface area contributed by atoms with E-state index in [1.54, 1.807) is 6.92 Å². The first-order chi connectivity index (χ1) is 11.1. The van der Waals surface area contributed by atoms with Gasteiger partial charge in [-0.3, -0.25) is 4.90 Å². The van der Waals surface area contributed by atoms with Crippen LogP contribution in [0.2, 0.25) is 0 Å². The number of nitrogens with zero attached hydrogens (tertiary/aromatic N) is 2. The summed E-state index contributed by atoms with van der Waals surface area (Å²) >= 11 is 1.12. The largest absolute Gasteiger partial charge is 0.462 e. The lowest BCUT2D eigenvalue weighted by Gasteiger charge is -2.17. The summed E-state index contributed by atoms with van der Waals surface area (Å²) in [5, 5.41) is 9.69. The molecule has 0 aliphatic heterocycles. The van der Waals surface area contributed by atoms with Gasteiger partial charge < -0.3 is 10.5 Å². The van der Waals surface area contributed by atoms with Gasteiger partial charge >= 0.3 is 5.97 Å². The lowest BCUT2D eigenvalue weighted by Crippen LogP contribution is -2.19. The van der Waals surface area contributed by atoms with Crippen molar-refractivity contribution in [3.05, 3.63) is 51.9 Å². The summed E-state index contributed by atoms with van der Waals surface area (Å²) < 4.78 is 5.07. The van der Waals surface area contributed by atoms with Crippen LogP contribution in [0.5, 0.6) is 0 Å². The van der Waals surface area contributed by atoms with E-state index in [0.717, 1.165) is 16.9 Å². The van der Waals surface area contributed by atoms with Gasteiger partial charge in [0.25, 0.3) is 0 Å². The highest BCUT2D eigenvalue weighted by atomic mass is 32.1. The molecule has 6 heteroatoms. The number of nitrogens with two attached hydrogens (primary N) is 1. The Hall–Kier alpha value is -2.36. The number of esters is 1. The number of benzene rings is 1. The molecule has 1 heterocycles. The molecule has 0 unspecified atom stereocenters. The van der Waals surface area contributed by atoms with Crippen molar-refractivity contribution in [1.82, 2.24) is 4.90 Å². The van der Waals surface area contributed by atoms with Gasteiger partial charge in [0, 0.05) is 18.7 Å². The number of nitriles is 1. The molecule has 0 aliphatic rings. The number of carbonyl (C=O) groups is 1. The minimum Gasteiger partial charge on any atom is -0.462 e. The number of thiophene rings is 1. The molecular weight excluding hydrogens is 310 g/mol. The number of nitrogen functional groups attached to an aromatic ring is 1. The predicted octanol–water partition coefficient (Wildman–Crippen LogP) is 3.01. The average molecular weight is 329 g/mol. The van der Waals surface area contributed by atoms with Crippen LogP contribution >= 0.6 is 11.3 Å². The maximum atomic E-state index is 12.1. The van der Waals surface area contributed by atoms with E-state index in [0.29, 0.717) is 34.1 Å². The van der Waals surface area contributed by atoms with Crippen molar-refractivity contribution in [2.24, 2.45) is 0 Å². The first-order valence-corrected chi connectivity index (χ1v) is 8.09. The van der Waals surface area contributed by atoms with Gasteiger partial charge in [0.2, 0.25) is 0 Å².